The number of hydrogen-bond donors (Lipinski definition) is 1. The Morgan fingerprint density at radius 3 is 2.41 bits per heavy atom. The molecule has 4 rings (SSSR count). The number of amides is 2. The van der Waals surface area contributed by atoms with Gasteiger partial charge in [-0.05, 0) is 74.6 Å². The van der Waals surface area contributed by atoms with Crippen LogP contribution in [0.15, 0.2) is 24.3 Å². The highest BCUT2D eigenvalue weighted by molar-refractivity contribution is 5.94. The smallest absolute Gasteiger partial charge is 0.253 e. The van der Waals surface area contributed by atoms with Crippen LogP contribution in [0.5, 0.6) is 5.75 Å². The van der Waals surface area contributed by atoms with Crippen molar-refractivity contribution in [3.8, 4) is 5.75 Å². The van der Waals surface area contributed by atoms with Crippen LogP contribution in [0, 0.1) is 17.8 Å². The number of ether oxygens (including phenoxy) is 2. The molecule has 3 aliphatic rings. The number of rotatable bonds is 7. The van der Waals surface area contributed by atoms with E-state index in [1.165, 1.54) is 12.8 Å². The van der Waals surface area contributed by atoms with Gasteiger partial charge in [0.15, 0.2) is 0 Å². The first-order chi connectivity index (χ1) is 14.0. The number of benzene rings is 1. The first-order valence-electron chi connectivity index (χ1n) is 10.9. The predicted molar refractivity (Wildman–Crippen MR) is 110 cm³/mol. The Balaban J connectivity index is 1.39. The Hall–Kier alpha value is -2.08. The molecule has 1 N–H and O–H groups in total. The quantitative estimate of drug-likeness (QED) is 0.764. The third-order valence-corrected chi connectivity index (χ3v) is 6.45. The summed E-state index contributed by atoms with van der Waals surface area (Å²) in [6.45, 7) is 6.45. The van der Waals surface area contributed by atoms with Gasteiger partial charge in [-0.2, -0.15) is 0 Å². The van der Waals surface area contributed by atoms with Crippen molar-refractivity contribution in [2.45, 2.75) is 51.7 Å². The molecule has 2 aliphatic carbocycles. The summed E-state index contributed by atoms with van der Waals surface area (Å²) in [6.07, 6.45) is 4.37. The Morgan fingerprint density at radius 1 is 1.10 bits per heavy atom. The first-order valence-corrected chi connectivity index (χ1v) is 10.9. The molecule has 0 unspecified atom stereocenters. The maximum absolute atomic E-state index is 13.0. The van der Waals surface area contributed by atoms with Gasteiger partial charge in [-0.1, -0.05) is 0 Å². The van der Waals surface area contributed by atoms with Gasteiger partial charge in [-0.3, -0.25) is 9.59 Å². The van der Waals surface area contributed by atoms with Crippen molar-refractivity contribution >= 4 is 11.8 Å². The van der Waals surface area contributed by atoms with E-state index < -0.39 is 0 Å². The molecular weight excluding hydrogens is 368 g/mol. The minimum Gasteiger partial charge on any atom is -0.494 e. The zero-order valence-electron chi connectivity index (χ0n) is 17.4. The number of nitrogens with one attached hydrogen (secondary N) is 1. The lowest BCUT2D eigenvalue weighted by molar-refractivity contribution is -0.122. The van der Waals surface area contributed by atoms with Crippen molar-refractivity contribution in [1.29, 1.82) is 0 Å². The zero-order chi connectivity index (χ0) is 20.4. The van der Waals surface area contributed by atoms with E-state index in [2.05, 4.69) is 5.32 Å². The highest BCUT2D eigenvalue weighted by Crippen LogP contribution is 2.39. The van der Waals surface area contributed by atoms with Gasteiger partial charge in [0, 0.05) is 32.2 Å². The molecule has 6 nitrogen and oxygen atoms in total. The fourth-order valence-electron chi connectivity index (χ4n) is 4.76. The molecule has 0 spiro atoms. The maximum Gasteiger partial charge on any atom is 0.253 e. The number of hydrogen-bond acceptors (Lipinski definition) is 4. The highest BCUT2D eigenvalue weighted by atomic mass is 16.5. The van der Waals surface area contributed by atoms with Crippen molar-refractivity contribution in [2.75, 3.05) is 26.3 Å². The Labute approximate surface area is 172 Å². The van der Waals surface area contributed by atoms with Crippen LogP contribution in [0.4, 0.5) is 0 Å². The summed E-state index contributed by atoms with van der Waals surface area (Å²) < 4.78 is 11.7. The average molecular weight is 401 g/mol. The minimum absolute atomic E-state index is 0.00575. The van der Waals surface area contributed by atoms with E-state index in [9.17, 15) is 9.59 Å². The van der Waals surface area contributed by atoms with Gasteiger partial charge in [-0.15, -0.1) is 0 Å². The lowest BCUT2D eigenvalue weighted by Gasteiger charge is -2.38. The molecule has 1 aliphatic heterocycles. The summed E-state index contributed by atoms with van der Waals surface area (Å²) in [7, 11) is 0. The van der Waals surface area contributed by atoms with Gasteiger partial charge in [0.2, 0.25) is 5.91 Å². The Bertz CT molecular complexity index is 731. The summed E-state index contributed by atoms with van der Waals surface area (Å²) in [5, 5.41) is 3.10. The molecule has 1 aromatic rings. The van der Waals surface area contributed by atoms with Crippen molar-refractivity contribution in [3.63, 3.8) is 0 Å². The van der Waals surface area contributed by atoms with Gasteiger partial charge in [0.25, 0.3) is 5.91 Å². The second-order valence-corrected chi connectivity index (χ2v) is 8.78. The predicted octanol–water partition coefficient (Wildman–Crippen LogP) is 2.87. The average Bonchev–Trinajstić information content (AvgIpc) is 3.44. The fraction of sp³-hybridized carbons (Fsp3) is 0.652. The molecule has 29 heavy (non-hydrogen) atoms. The van der Waals surface area contributed by atoms with E-state index in [1.807, 2.05) is 36.1 Å². The van der Waals surface area contributed by atoms with Gasteiger partial charge in [-0.25, -0.2) is 0 Å². The van der Waals surface area contributed by atoms with Crippen LogP contribution >= 0.6 is 0 Å². The number of carbonyl (C=O) groups is 2. The zero-order valence-corrected chi connectivity index (χ0v) is 17.4. The SMILES string of the molecule is CCOc1ccc(C(=O)N2C[C@H]3C[C@@H](NC(C)=O)[C@H](OCC4CC4)C[C@H]3C2)cc1. The monoisotopic (exact) mass is 400 g/mol. The van der Waals surface area contributed by atoms with Crippen molar-refractivity contribution in [1.82, 2.24) is 10.2 Å². The molecule has 1 aromatic carbocycles. The third-order valence-electron chi connectivity index (χ3n) is 6.45. The number of likely N-dealkylation sites (tertiary alicyclic amines) is 1. The summed E-state index contributed by atoms with van der Waals surface area (Å²) in [5.41, 5.74) is 0.701. The van der Waals surface area contributed by atoms with Gasteiger partial charge in [0.05, 0.1) is 18.8 Å². The van der Waals surface area contributed by atoms with Crippen LogP contribution in [0.1, 0.15) is 49.9 Å². The lowest BCUT2D eigenvalue weighted by atomic mass is 9.77. The van der Waals surface area contributed by atoms with Gasteiger partial charge in [0.1, 0.15) is 5.75 Å². The molecule has 1 saturated heterocycles. The topological polar surface area (TPSA) is 67.9 Å². The highest BCUT2D eigenvalue weighted by Gasteiger charge is 2.44. The van der Waals surface area contributed by atoms with E-state index in [-0.39, 0.29) is 24.0 Å². The molecule has 0 bridgehead atoms. The van der Waals surface area contributed by atoms with Crippen LogP contribution in [0.2, 0.25) is 0 Å². The van der Waals surface area contributed by atoms with Crippen LogP contribution in [0.25, 0.3) is 0 Å². The normalized spacial score (nSPS) is 28.7. The molecule has 1 heterocycles. The summed E-state index contributed by atoms with van der Waals surface area (Å²) in [5.74, 6) is 2.41. The van der Waals surface area contributed by atoms with E-state index in [0.717, 1.165) is 38.3 Å². The Kier molecular flexibility index (Phi) is 6.09. The molecule has 3 fully saturated rings. The molecule has 0 aromatic heterocycles. The van der Waals surface area contributed by atoms with Gasteiger partial charge >= 0.3 is 0 Å². The Morgan fingerprint density at radius 2 is 1.79 bits per heavy atom. The fourth-order valence-corrected chi connectivity index (χ4v) is 4.76. The van der Waals surface area contributed by atoms with E-state index in [0.29, 0.717) is 29.9 Å². The molecule has 158 valence electrons. The molecule has 2 saturated carbocycles. The largest absolute Gasteiger partial charge is 0.494 e. The van der Waals surface area contributed by atoms with E-state index in [4.69, 9.17) is 9.47 Å². The molecule has 0 radical (unpaired) electrons. The standard InChI is InChI=1S/C23H32N2O4/c1-3-28-20-8-6-17(7-9-20)23(27)25-12-18-10-21(24-15(2)26)22(11-19(18)13-25)29-14-16-4-5-16/h6-9,16,18-19,21-22H,3-5,10-14H2,1-2H3,(H,24,26)/t18-,19+,21-,22-/m1/s1. The third kappa shape index (κ3) is 4.92. The number of carbonyl (C=O) groups excluding carboxylic acids is 2. The number of nitrogens with zero attached hydrogens (tertiary/aromatic N) is 1. The second-order valence-electron chi connectivity index (χ2n) is 8.78. The molecule has 6 heteroatoms. The van der Waals surface area contributed by atoms with Crippen LogP contribution in [-0.4, -0.2) is 55.2 Å². The summed E-state index contributed by atoms with van der Waals surface area (Å²) >= 11 is 0. The summed E-state index contributed by atoms with van der Waals surface area (Å²) in [4.78, 5) is 26.7. The van der Waals surface area contributed by atoms with Crippen LogP contribution < -0.4 is 10.1 Å². The summed E-state index contributed by atoms with van der Waals surface area (Å²) in [6, 6.07) is 7.45. The lowest BCUT2D eigenvalue weighted by Crippen LogP contribution is -2.50. The minimum atomic E-state index is -0.00575. The first kappa shape index (κ1) is 20.2. The molecular formula is C23H32N2O4. The molecule has 4 atom stereocenters. The maximum atomic E-state index is 13.0. The van der Waals surface area contributed by atoms with Crippen molar-refractivity contribution < 1.29 is 19.1 Å². The van der Waals surface area contributed by atoms with Crippen LogP contribution in [-0.2, 0) is 9.53 Å². The van der Waals surface area contributed by atoms with Crippen molar-refractivity contribution in [3.05, 3.63) is 29.8 Å². The van der Waals surface area contributed by atoms with E-state index >= 15 is 0 Å². The second kappa shape index (κ2) is 8.74. The van der Waals surface area contributed by atoms with Crippen LogP contribution in [0.3, 0.4) is 0 Å². The van der Waals surface area contributed by atoms with Gasteiger partial charge < -0.3 is 19.7 Å². The van der Waals surface area contributed by atoms with Crippen molar-refractivity contribution in [2.24, 2.45) is 17.8 Å². The van der Waals surface area contributed by atoms with E-state index in [1.54, 1.807) is 6.92 Å². The molecule has 2 amide bonds. The number of fused-ring (bicyclic) bond motifs is 1.